The molecule has 1 aromatic heterocycles. The lowest BCUT2D eigenvalue weighted by molar-refractivity contribution is 0.00689. The van der Waals surface area contributed by atoms with Crippen LogP contribution in [0.3, 0.4) is 0 Å². The highest BCUT2D eigenvalue weighted by Crippen LogP contribution is 2.23. The number of carbonyl (C=O) groups excluding carboxylic acids is 1. The van der Waals surface area contributed by atoms with Gasteiger partial charge in [-0.2, -0.15) is 5.10 Å². The molecule has 0 spiro atoms. The van der Waals surface area contributed by atoms with Crippen molar-refractivity contribution in [1.29, 1.82) is 0 Å². The molecule has 1 aliphatic heterocycles. The minimum atomic E-state index is -0.117. The Morgan fingerprint density at radius 2 is 2.16 bits per heavy atom. The first kappa shape index (κ1) is 17.5. The summed E-state index contributed by atoms with van der Waals surface area (Å²) < 4.78 is 7.33. The van der Waals surface area contributed by atoms with E-state index in [-0.39, 0.29) is 18.2 Å². The maximum absolute atomic E-state index is 12.7. The zero-order valence-corrected chi connectivity index (χ0v) is 15.1. The lowest BCUT2D eigenvalue weighted by Gasteiger charge is -2.36. The monoisotopic (exact) mass is 342 g/mol. The number of methoxy groups -OCH3 is 1. The molecule has 1 aromatic carbocycles. The number of likely N-dealkylation sites (tertiary alicyclic amines) is 1. The number of para-hydroxylation sites is 1. The SMILES string of the molecule is COC1CN(C(=O)NC(C)c2ccccc2-n2cccn2)CCC1C. The molecular formula is C19H26N4O2. The van der Waals surface area contributed by atoms with Crippen LogP contribution in [0, 0.1) is 5.92 Å². The summed E-state index contributed by atoms with van der Waals surface area (Å²) in [5, 5.41) is 7.42. The summed E-state index contributed by atoms with van der Waals surface area (Å²) in [6.45, 7) is 5.57. The topological polar surface area (TPSA) is 59.4 Å². The Bertz CT molecular complexity index is 701. The van der Waals surface area contributed by atoms with E-state index in [0.717, 1.165) is 24.2 Å². The highest BCUT2D eigenvalue weighted by molar-refractivity contribution is 5.75. The first-order valence-corrected chi connectivity index (χ1v) is 8.77. The molecule has 3 atom stereocenters. The molecular weight excluding hydrogens is 316 g/mol. The molecule has 1 fully saturated rings. The average molecular weight is 342 g/mol. The van der Waals surface area contributed by atoms with Crippen LogP contribution in [-0.4, -0.2) is 47.0 Å². The van der Waals surface area contributed by atoms with Crippen LogP contribution in [0.15, 0.2) is 42.7 Å². The van der Waals surface area contributed by atoms with E-state index in [9.17, 15) is 4.79 Å². The van der Waals surface area contributed by atoms with Crippen molar-refractivity contribution in [3.63, 3.8) is 0 Å². The van der Waals surface area contributed by atoms with Crippen molar-refractivity contribution in [2.75, 3.05) is 20.2 Å². The number of amides is 2. The van der Waals surface area contributed by atoms with E-state index < -0.39 is 0 Å². The van der Waals surface area contributed by atoms with Gasteiger partial charge in [0.2, 0.25) is 0 Å². The van der Waals surface area contributed by atoms with Crippen molar-refractivity contribution in [3.8, 4) is 5.69 Å². The molecule has 3 unspecified atom stereocenters. The number of nitrogens with one attached hydrogen (secondary N) is 1. The molecule has 6 nitrogen and oxygen atoms in total. The van der Waals surface area contributed by atoms with Crippen molar-refractivity contribution in [3.05, 3.63) is 48.3 Å². The van der Waals surface area contributed by atoms with Gasteiger partial charge in [-0.1, -0.05) is 25.1 Å². The Hall–Kier alpha value is -2.34. The van der Waals surface area contributed by atoms with Crippen molar-refractivity contribution >= 4 is 6.03 Å². The number of benzene rings is 1. The third kappa shape index (κ3) is 3.85. The van der Waals surface area contributed by atoms with Gasteiger partial charge in [-0.15, -0.1) is 0 Å². The largest absolute Gasteiger partial charge is 0.379 e. The third-order valence-corrected chi connectivity index (χ3v) is 4.97. The number of nitrogens with zero attached hydrogens (tertiary/aromatic N) is 3. The van der Waals surface area contributed by atoms with Gasteiger partial charge in [-0.3, -0.25) is 0 Å². The van der Waals surface area contributed by atoms with E-state index in [4.69, 9.17) is 4.74 Å². The third-order valence-electron chi connectivity index (χ3n) is 4.97. The van der Waals surface area contributed by atoms with Crippen LogP contribution in [-0.2, 0) is 4.74 Å². The van der Waals surface area contributed by atoms with Crippen LogP contribution in [0.25, 0.3) is 5.69 Å². The second-order valence-corrected chi connectivity index (χ2v) is 6.67. The molecule has 3 rings (SSSR count). The van der Waals surface area contributed by atoms with Crippen LogP contribution >= 0.6 is 0 Å². The number of hydrogen-bond donors (Lipinski definition) is 1. The molecule has 1 saturated heterocycles. The summed E-state index contributed by atoms with van der Waals surface area (Å²) in [5.41, 5.74) is 2.01. The quantitative estimate of drug-likeness (QED) is 0.929. The maximum Gasteiger partial charge on any atom is 0.317 e. The van der Waals surface area contributed by atoms with Crippen LogP contribution in [0.1, 0.15) is 31.9 Å². The number of aromatic nitrogens is 2. The number of hydrogen-bond acceptors (Lipinski definition) is 3. The lowest BCUT2D eigenvalue weighted by atomic mass is 9.96. The second kappa shape index (κ2) is 7.70. The normalized spacial score (nSPS) is 21.8. The molecule has 1 N–H and O–H groups in total. The van der Waals surface area contributed by atoms with Gasteiger partial charge in [0, 0.05) is 32.6 Å². The molecule has 0 aliphatic carbocycles. The maximum atomic E-state index is 12.7. The summed E-state index contributed by atoms with van der Waals surface area (Å²) >= 11 is 0. The predicted molar refractivity (Wildman–Crippen MR) is 96.7 cm³/mol. The first-order valence-electron chi connectivity index (χ1n) is 8.77. The fourth-order valence-electron chi connectivity index (χ4n) is 3.35. The summed E-state index contributed by atoms with van der Waals surface area (Å²) in [4.78, 5) is 14.5. The molecule has 134 valence electrons. The van der Waals surface area contributed by atoms with Gasteiger partial charge in [0.05, 0.1) is 17.8 Å². The molecule has 0 radical (unpaired) electrons. The van der Waals surface area contributed by atoms with Crippen molar-refractivity contribution < 1.29 is 9.53 Å². The Balaban J connectivity index is 1.71. The lowest BCUT2D eigenvalue weighted by Crippen LogP contribution is -2.50. The van der Waals surface area contributed by atoms with Crippen molar-refractivity contribution in [2.45, 2.75) is 32.4 Å². The summed E-state index contributed by atoms with van der Waals surface area (Å²) in [5.74, 6) is 0.479. The number of ether oxygens (including phenoxy) is 1. The predicted octanol–water partition coefficient (Wildman–Crippen LogP) is 3.00. The van der Waals surface area contributed by atoms with Gasteiger partial charge in [0.15, 0.2) is 0 Å². The van der Waals surface area contributed by atoms with Gasteiger partial charge >= 0.3 is 6.03 Å². The van der Waals surface area contributed by atoms with E-state index in [0.29, 0.717) is 12.5 Å². The Kier molecular flexibility index (Phi) is 5.38. The van der Waals surface area contributed by atoms with Crippen LogP contribution < -0.4 is 5.32 Å². The molecule has 1 aliphatic rings. The molecule has 0 bridgehead atoms. The fourth-order valence-corrected chi connectivity index (χ4v) is 3.35. The van der Waals surface area contributed by atoms with Crippen LogP contribution in [0.2, 0.25) is 0 Å². The molecule has 0 saturated carbocycles. The summed E-state index contributed by atoms with van der Waals surface area (Å²) in [6, 6.07) is 9.72. The highest BCUT2D eigenvalue weighted by Gasteiger charge is 2.29. The van der Waals surface area contributed by atoms with E-state index >= 15 is 0 Å². The Morgan fingerprint density at radius 1 is 1.36 bits per heavy atom. The minimum Gasteiger partial charge on any atom is -0.379 e. The average Bonchev–Trinajstić information content (AvgIpc) is 3.16. The number of urea groups is 1. The smallest absolute Gasteiger partial charge is 0.317 e. The molecule has 2 amide bonds. The van der Waals surface area contributed by atoms with Gasteiger partial charge in [-0.25, -0.2) is 9.48 Å². The number of piperidine rings is 1. The van der Waals surface area contributed by atoms with Crippen molar-refractivity contribution in [2.24, 2.45) is 5.92 Å². The second-order valence-electron chi connectivity index (χ2n) is 6.67. The van der Waals surface area contributed by atoms with Gasteiger partial charge in [0.1, 0.15) is 0 Å². The van der Waals surface area contributed by atoms with E-state index in [1.54, 1.807) is 13.3 Å². The Morgan fingerprint density at radius 3 is 2.88 bits per heavy atom. The van der Waals surface area contributed by atoms with Crippen LogP contribution in [0.4, 0.5) is 4.79 Å². The Labute approximate surface area is 148 Å². The highest BCUT2D eigenvalue weighted by atomic mass is 16.5. The molecule has 2 heterocycles. The zero-order chi connectivity index (χ0) is 17.8. The standard InChI is InChI=1S/C19H26N4O2/c1-14-9-12-22(13-18(14)25-3)19(24)21-15(2)16-7-4-5-8-17(16)23-11-6-10-20-23/h4-8,10-11,14-15,18H,9,12-13H2,1-3H3,(H,21,24). The summed E-state index contributed by atoms with van der Waals surface area (Å²) in [6.07, 6.45) is 4.72. The van der Waals surface area contributed by atoms with Gasteiger partial charge < -0.3 is 15.0 Å². The van der Waals surface area contributed by atoms with E-state index in [1.165, 1.54) is 0 Å². The first-order chi connectivity index (χ1) is 12.1. The van der Waals surface area contributed by atoms with Gasteiger partial charge in [0.25, 0.3) is 0 Å². The zero-order valence-electron chi connectivity index (χ0n) is 15.1. The van der Waals surface area contributed by atoms with Gasteiger partial charge in [-0.05, 0) is 37.0 Å². The fraction of sp³-hybridized carbons (Fsp3) is 0.474. The minimum absolute atomic E-state index is 0.0447. The number of carbonyl (C=O) groups is 1. The summed E-state index contributed by atoms with van der Waals surface area (Å²) in [7, 11) is 1.71. The van der Waals surface area contributed by atoms with E-state index in [2.05, 4.69) is 17.3 Å². The molecule has 6 heteroatoms. The van der Waals surface area contributed by atoms with Crippen molar-refractivity contribution in [1.82, 2.24) is 20.0 Å². The number of rotatable bonds is 4. The van der Waals surface area contributed by atoms with E-state index in [1.807, 2.05) is 53.0 Å². The van der Waals surface area contributed by atoms with Crippen LogP contribution in [0.5, 0.6) is 0 Å². The molecule has 2 aromatic rings. The molecule has 25 heavy (non-hydrogen) atoms.